The molecule has 0 saturated heterocycles. The molecule has 0 atom stereocenters. The van der Waals surface area contributed by atoms with Gasteiger partial charge in [-0.15, -0.1) is 0 Å². The quantitative estimate of drug-likeness (QED) is 0.886. The highest BCUT2D eigenvalue weighted by Crippen LogP contribution is 2.32. The Morgan fingerprint density at radius 2 is 1.52 bits per heavy atom. The van der Waals surface area contributed by atoms with Crippen LogP contribution in [0.2, 0.25) is 0 Å². The number of methoxy groups -OCH3 is 2. The van der Waals surface area contributed by atoms with Crippen LogP contribution in [0.25, 0.3) is 0 Å². The number of ether oxygens (including phenoxy) is 2. The van der Waals surface area contributed by atoms with E-state index in [4.69, 9.17) is 9.47 Å². The Bertz CT molecular complexity index is 657. The zero-order chi connectivity index (χ0) is 16.9. The first kappa shape index (κ1) is 17.1. The first-order valence-electron chi connectivity index (χ1n) is 7.14. The van der Waals surface area contributed by atoms with Crippen molar-refractivity contribution in [1.82, 2.24) is 0 Å². The Labute approximate surface area is 133 Å². The summed E-state index contributed by atoms with van der Waals surface area (Å²) in [5, 5.41) is 1.81. The van der Waals surface area contributed by atoms with E-state index in [0.29, 0.717) is 18.0 Å². The topological polar surface area (TPSA) is 35.1 Å². The summed E-state index contributed by atoms with van der Waals surface area (Å²) in [5.41, 5.74) is 0.548. The normalized spacial score (nSPS) is 11.3. The van der Waals surface area contributed by atoms with Crippen molar-refractivity contribution in [2.45, 2.75) is 19.3 Å². The largest absolute Gasteiger partial charge is 0.493 e. The van der Waals surface area contributed by atoms with E-state index in [9.17, 15) is 13.2 Å². The molecule has 0 fully saturated rings. The van der Waals surface area contributed by atoms with Gasteiger partial charge in [-0.1, -0.05) is 24.3 Å². The fourth-order valence-electron chi connectivity index (χ4n) is 2.47. The van der Waals surface area contributed by atoms with Gasteiger partial charge in [-0.2, -0.15) is 13.2 Å². The number of hydrogen-bond acceptors (Lipinski definition) is 2. The Hall–Kier alpha value is -2.21. The maximum absolute atomic E-state index is 13.0. The van der Waals surface area contributed by atoms with Gasteiger partial charge in [0.25, 0.3) is 0 Å². The molecule has 0 aliphatic carbocycles. The average Bonchev–Trinajstić information content (AvgIpc) is 2.54. The summed E-state index contributed by atoms with van der Waals surface area (Å²) >= 11 is 0. The summed E-state index contributed by atoms with van der Waals surface area (Å²) in [6.07, 6.45) is -4.34. The number of nitrogens with two attached hydrogens (primary N) is 1. The van der Waals surface area contributed by atoms with Crippen molar-refractivity contribution in [1.29, 1.82) is 0 Å². The van der Waals surface area contributed by atoms with Gasteiger partial charge < -0.3 is 14.8 Å². The lowest BCUT2D eigenvalue weighted by molar-refractivity contribution is -0.686. The number of para-hydroxylation sites is 1. The third-order valence-corrected chi connectivity index (χ3v) is 3.54. The molecular weight excluding hydrogens is 307 g/mol. The van der Waals surface area contributed by atoms with E-state index in [1.54, 1.807) is 26.4 Å². The minimum atomic E-state index is -4.34. The van der Waals surface area contributed by atoms with E-state index >= 15 is 0 Å². The molecule has 2 N–H and O–H groups in total. The predicted octanol–water partition coefficient (Wildman–Crippen LogP) is 2.99. The smallest absolute Gasteiger partial charge is 0.416 e. The van der Waals surface area contributed by atoms with Gasteiger partial charge in [0.2, 0.25) is 0 Å². The molecule has 0 radical (unpaired) electrons. The first-order valence-corrected chi connectivity index (χ1v) is 7.14. The van der Waals surface area contributed by atoms with Crippen LogP contribution in [0.5, 0.6) is 11.5 Å². The second-order valence-electron chi connectivity index (χ2n) is 5.00. The van der Waals surface area contributed by atoms with Crippen molar-refractivity contribution < 1.29 is 28.0 Å². The molecule has 0 aliphatic heterocycles. The summed E-state index contributed by atoms with van der Waals surface area (Å²) < 4.78 is 49.4. The minimum Gasteiger partial charge on any atom is -0.493 e. The second kappa shape index (κ2) is 7.37. The summed E-state index contributed by atoms with van der Waals surface area (Å²) in [6, 6.07) is 11.1. The standard InChI is InChI=1S/C17H18F3NO2/c1-22-15-9-5-7-13(16(15)23-2)11-21-10-12-6-3-4-8-14(12)17(18,19)20/h3-9,21H,10-11H2,1-2H3/p+1. The SMILES string of the molecule is COc1cccc(C[NH2+]Cc2ccccc2C(F)(F)F)c1OC. The highest BCUT2D eigenvalue weighted by Gasteiger charge is 2.33. The number of benzene rings is 2. The lowest BCUT2D eigenvalue weighted by Gasteiger charge is -2.13. The zero-order valence-electron chi connectivity index (χ0n) is 13.0. The van der Waals surface area contributed by atoms with E-state index in [0.717, 1.165) is 11.6 Å². The highest BCUT2D eigenvalue weighted by atomic mass is 19.4. The van der Waals surface area contributed by atoms with Crippen molar-refractivity contribution in [3.63, 3.8) is 0 Å². The van der Waals surface area contributed by atoms with E-state index < -0.39 is 11.7 Å². The van der Waals surface area contributed by atoms with Crippen LogP contribution in [-0.4, -0.2) is 14.2 Å². The molecular formula is C17H19F3NO2+. The van der Waals surface area contributed by atoms with Gasteiger partial charge in [0.15, 0.2) is 11.5 Å². The fraction of sp³-hybridized carbons (Fsp3) is 0.294. The maximum atomic E-state index is 13.0. The molecule has 23 heavy (non-hydrogen) atoms. The molecule has 0 heterocycles. The molecule has 0 aliphatic rings. The van der Waals surface area contributed by atoms with E-state index in [2.05, 4.69) is 0 Å². The lowest BCUT2D eigenvalue weighted by atomic mass is 10.1. The molecule has 0 unspecified atom stereocenters. The summed E-state index contributed by atoms with van der Waals surface area (Å²) in [4.78, 5) is 0. The molecule has 0 saturated carbocycles. The van der Waals surface area contributed by atoms with Crippen molar-refractivity contribution in [3.05, 3.63) is 59.2 Å². The third-order valence-electron chi connectivity index (χ3n) is 3.54. The number of rotatable bonds is 6. The van der Waals surface area contributed by atoms with Crippen molar-refractivity contribution >= 4 is 0 Å². The number of alkyl halides is 3. The van der Waals surface area contributed by atoms with Crippen molar-refractivity contribution in [2.24, 2.45) is 0 Å². The Morgan fingerprint density at radius 1 is 0.870 bits per heavy atom. The molecule has 0 spiro atoms. The van der Waals surface area contributed by atoms with Crippen molar-refractivity contribution in [3.8, 4) is 11.5 Å². The molecule has 0 aromatic heterocycles. The zero-order valence-corrected chi connectivity index (χ0v) is 13.0. The van der Waals surface area contributed by atoms with Crippen LogP contribution < -0.4 is 14.8 Å². The van der Waals surface area contributed by atoms with Crippen LogP contribution in [-0.2, 0) is 19.3 Å². The molecule has 2 aromatic carbocycles. The Kier molecular flexibility index (Phi) is 5.50. The van der Waals surface area contributed by atoms with Crippen molar-refractivity contribution in [2.75, 3.05) is 14.2 Å². The molecule has 0 bridgehead atoms. The van der Waals surface area contributed by atoms with Crippen LogP contribution in [0.4, 0.5) is 13.2 Å². The van der Waals surface area contributed by atoms with Crippen LogP contribution >= 0.6 is 0 Å². The van der Waals surface area contributed by atoms with E-state index in [1.165, 1.54) is 12.1 Å². The summed E-state index contributed by atoms with van der Waals surface area (Å²) in [5.74, 6) is 1.21. The van der Waals surface area contributed by atoms with Gasteiger partial charge >= 0.3 is 6.18 Å². The van der Waals surface area contributed by atoms with Crippen LogP contribution in [0, 0.1) is 0 Å². The minimum absolute atomic E-state index is 0.232. The van der Waals surface area contributed by atoms with Crippen LogP contribution in [0.15, 0.2) is 42.5 Å². The fourth-order valence-corrected chi connectivity index (χ4v) is 2.47. The lowest BCUT2D eigenvalue weighted by Crippen LogP contribution is -2.80. The van der Waals surface area contributed by atoms with Gasteiger partial charge in [-0.3, -0.25) is 0 Å². The van der Waals surface area contributed by atoms with E-state index in [1.807, 2.05) is 17.4 Å². The Balaban J connectivity index is 2.10. The highest BCUT2D eigenvalue weighted by molar-refractivity contribution is 5.46. The van der Waals surface area contributed by atoms with E-state index in [-0.39, 0.29) is 12.1 Å². The monoisotopic (exact) mass is 326 g/mol. The third kappa shape index (κ3) is 4.16. The summed E-state index contributed by atoms with van der Waals surface area (Å²) in [7, 11) is 3.09. The number of quaternary nitrogens is 1. The maximum Gasteiger partial charge on any atom is 0.416 e. The Morgan fingerprint density at radius 3 is 2.17 bits per heavy atom. The van der Waals surface area contributed by atoms with Crippen LogP contribution in [0.1, 0.15) is 16.7 Å². The van der Waals surface area contributed by atoms with Gasteiger partial charge in [-0.05, 0) is 18.2 Å². The molecule has 0 amide bonds. The van der Waals surface area contributed by atoms with Gasteiger partial charge in [0.05, 0.1) is 25.3 Å². The van der Waals surface area contributed by atoms with Gasteiger partial charge in [-0.25, -0.2) is 0 Å². The second-order valence-corrected chi connectivity index (χ2v) is 5.00. The number of halogens is 3. The molecule has 3 nitrogen and oxygen atoms in total. The van der Waals surface area contributed by atoms with Gasteiger partial charge in [0, 0.05) is 5.56 Å². The molecule has 6 heteroatoms. The molecule has 2 aromatic rings. The average molecular weight is 326 g/mol. The first-order chi connectivity index (χ1) is 11.0. The van der Waals surface area contributed by atoms with Gasteiger partial charge in [0.1, 0.15) is 13.1 Å². The predicted molar refractivity (Wildman–Crippen MR) is 80.3 cm³/mol. The molecule has 124 valence electrons. The van der Waals surface area contributed by atoms with Crippen LogP contribution in [0.3, 0.4) is 0 Å². The summed E-state index contributed by atoms with van der Waals surface area (Å²) in [6.45, 7) is 0.725. The number of hydrogen-bond donors (Lipinski definition) is 1. The molecule has 2 rings (SSSR count).